The molecule has 1 amide bonds. The first kappa shape index (κ1) is 22.9. The van der Waals surface area contributed by atoms with Gasteiger partial charge in [-0.2, -0.15) is 0 Å². The highest BCUT2D eigenvalue weighted by molar-refractivity contribution is 7.99. The van der Waals surface area contributed by atoms with Crippen molar-refractivity contribution in [1.82, 2.24) is 14.8 Å². The number of rotatable bonds is 8. The summed E-state index contributed by atoms with van der Waals surface area (Å²) in [7, 11) is 1.89. The van der Waals surface area contributed by atoms with Crippen LogP contribution >= 0.6 is 11.8 Å². The Balaban J connectivity index is 1.60. The van der Waals surface area contributed by atoms with Gasteiger partial charge in [0.15, 0.2) is 11.0 Å². The smallest absolute Gasteiger partial charge is 0.234 e. The first-order valence-corrected chi connectivity index (χ1v) is 11.3. The summed E-state index contributed by atoms with van der Waals surface area (Å²) in [6.07, 6.45) is 0. The number of carbonyl (C=O) groups excluding carboxylic acids is 1. The fraction of sp³-hybridized carbons (Fsp3) is 0.375. The third-order valence-electron chi connectivity index (χ3n) is 5.07. The third-order valence-corrected chi connectivity index (χ3v) is 6.09. The van der Waals surface area contributed by atoms with Gasteiger partial charge in [-0.3, -0.25) is 4.79 Å². The molecule has 1 aromatic heterocycles. The minimum absolute atomic E-state index is 0.0687. The number of hydrogen-bond donors (Lipinski definition) is 1. The van der Waals surface area contributed by atoms with Gasteiger partial charge in [-0.1, -0.05) is 49.9 Å². The van der Waals surface area contributed by atoms with Gasteiger partial charge in [0, 0.05) is 12.7 Å². The maximum Gasteiger partial charge on any atom is 0.234 e. The Morgan fingerprint density at radius 2 is 1.81 bits per heavy atom. The van der Waals surface area contributed by atoms with Crippen molar-refractivity contribution in [2.45, 2.75) is 52.3 Å². The van der Waals surface area contributed by atoms with E-state index < -0.39 is 0 Å². The van der Waals surface area contributed by atoms with Crippen LogP contribution in [0.3, 0.4) is 0 Å². The van der Waals surface area contributed by atoms with Crippen LogP contribution in [0, 0.1) is 20.8 Å². The van der Waals surface area contributed by atoms with Gasteiger partial charge < -0.3 is 14.6 Å². The number of nitrogens with one attached hydrogen (secondary N) is 1. The molecule has 0 aliphatic heterocycles. The van der Waals surface area contributed by atoms with Crippen molar-refractivity contribution in [2.24, 2.45) is 7.05 Å². The van der Waals surface area contributed by atoms with Crippen molar-refractivity contribution in [3.8, 4) is 5.75 Å². The van der Waals surface area contributed by atoms with Crippen LogP contribution in [0.4, 0.5) is 5.69 Å². The second kappa shape index (κ2) is 10.0. The summed E-state index contributed by atoms with van der Waals surface area (Å²) in [5.74, 6) is 2.15. The van der Waals surface area contributed by atoms with Gasteiger partial charge in [-0.25, -0.2) is 0 Å². The zero-order chi connectivity index (χ0) is 22.5. The topological polar surface area (TPSA) is 69.0 Å². The summed E-state index contributed by atoms with van der Waals surface area (Å²) >= 11 is 1.36. The Labute approximate surface area is 188 Å². The number of hydrogen-bond acceptors (Lipinski definition) is 5. The molecule has 1 N–H and O–H groups in total. The van der Waals surface area contributed by atoms with Gasteiger partial charge in [0.25, 0.3) is 0 Å². The van der Waals surface area contributed by atoms with Crippen molar-refractivity contribution in [2.75, 3.05) is 11.1 Å². The fourth-order valence-electron chi connectivity index (χ4n) is 3.17. The Kier molecular flexibility index (Phi) is 7.38. The van der Waals surface area contributed by atoms with Crippen LogP contribution in [0.15, 0.2) is 41.6 Å². The molecule has 0 spiro atoms. The van der Waals surface area contributed by atoms with E-state index in [1.807, 2.05) is 43.7 Å². The van der Waals surface area contributed by atoms with E-state index in [0.29, 0.717) is 23.5 Å². The molecule has 3 aromatic rings. The van der Waals surface area contributed by atoms with Crippen molar-refractivity contribution in [3.63, 3.8) is 0 Å². The average Bonchev–Trinajstić information content (AvgIpc) is 3.07. The minimum Gasteiger partial charge on any atom is -0.485 e. The molecule has 3 rings (SSSR count). The minimum atomic E-state index is -0.0687. The molecular formula is C24H30N4O2S. The molecule has 0 aliphatic rings. The lowest BCUT2D eigenvalue weighted by Gasteiger charge is -2.14. The van der Waals surface area contributed by atoms with E-state index in [2.05, 4.69) is 54.5 Å². The fourth-order valence-corrected chi connectivity index (χ4v) is 3.90. The zero-order valence-electron chi connectivity index (χ0n) is 19.0. The van der Waals surface area contributed by atoms with Gasteiger partial charge >= 0.3 is 0 Å². The SMILES string of the molecule is Cc1ccc(C)c(NC(=O)CSc2nnc(COc3cc(C)ccc3C(C)C)n2C)c1. The Morgan fingerprint density at radius 1 is 1.10 bits per heavy atom. The molecule has 6 nitrogen and oxygen atoms in total. The Morgan fingerprint density at radius 3 is 2.55 bits per heavy atom. The molecule has 0 atom stereocenters. The lowest BCUT2D eigenvalue weighted by atomic mass is 10.0. The zero-order valence-corrected chi connectivity index (χ0v) is 19.8. The monoisotopic (exact) mass is 438 g/mol. The number of amides is 1. The highest BCUT2D eigenvalue weighted by atomic mass is 32.2. The van der Waals surface area contributed by atoms with E-state index >= 15 is 0 Å². The highest BCUT2D eigenvalue weighted by Gasteiger charge is 2.14. The van der Waals surface area contributed by atoms with E-state index in [1.165, 1.54) is 17.3 Å². The molecule has 31 heavy (non-hydrogen) atoms. The number of nitrogens with zero attached hydrogens (tertiary/aromatic N) is 3. The molecule has 0 bridgehead atoms. The number of anilines is 1. The number of ether oxygens (including phenoxy) is 1. The van der Waals surface area contributed by atoms with Gasteiger partial charge in [0.1, 0.15) is 12.4 Å². The molecule has 164 valence electrons. The first-order chi connectivity index (χ1) is 14.7. The number of thioether (sulfide) groups is 1. The molecule has 2 aromatic carbocycles. The normalized spacial score (nSPS) is 11.1. The van der Waals surface area contributed by atoms with E-state index in [9.17, 15) is 4.79 Å². The lowest BCUT2D eigenvalue weighted by molar-refractivity contribution is -0.113. The Hall–Kier alpha value is -2.80. The van der Waals surface area contributed by atoms with E-state index in [-0.39, 0.29) is 11.7 Å². The number of carbonyl (C=O) groups is 1. The average molecular weight is 439 g/mol. The molecule has 0 unspecified atom stereocenters. The molecule has 7 heteroatoms. The molecule has 0 fully saturated rings. The molecule has 0 saturated carbocycles. The summed E-state index contributed by atoms with van der Waals surface area (Å²) in [6.45, 7) is 10.7. The van der Waals surface area contributed by atoms with Gasteiger partial charge in [0.05, 0.1) is 5.75 Å². The van der Waals surface area contributed by atoms with Gasteiger partial charge in [-0.15, -0.1) is 10.2 Å². The van der Waals surface area contributed by atoms with Gasteiger partial charge in [0.2, 0.25) is 5.91 Å². The van der Waals surface area contributed by atoms with Crippen molar-refractivity contribution < 1.29 is 9.53 Å². The van der Waals surface area contributed by atoms with Crippen LogP contribution in [0.5, 0.6) is 5.75 Å². The predicted octanol–water partition coefficient (Wildman–Crippen LogP) is 5.17. The van der Waals surface area contributed by atoms with Crippen molar-refractivity contribution in [3.05, 3.63) is 64.5 Å². The summed E-state index contributed by atoms with van der Waals surface area (Å²) in [5, 5.41) is 12.1. The van der Waals surface area contributed by atoms with Crippen LogP contribution in [-0.4, -0.2) is 26.4 Å². The lowest BCUT2D eigenvalue weighted by Crippen LogP contribution is -2.15. The molecule has 0 saturated heterocycles. The summed E-state index contributed by atoms with van der Waals surface area (Å²) in [4.78, 5) is 12.4. The molecule has 1 heterocycles. The Bertz CT molecular complexity index is 1080. The van der Waals surface area contributed by atoms with E-state index in [4.69, 9.17) is 4.74 Å². The standard InChI is InChI=1S/C24H30N4O2S/c1-15(2)19-10-8-17(4)12-21(19)30-13-22-26-27-24(28(22)6)31-14-23(29)25-20-11-16(3)7-9-18(20)5/h7-12,15H,13-14H2,1-6H3,(H,25,29). The third kappa shape index (κ3) is 5.88. The summed E-state index contributed by atoms with van der Waals surface area (Å²) < 4.78 is 7.95. The molecule has 0 aliphatic carbocycles. The van der Waals surface area contributed by atoms with Crippen LogP contribution in [-0.2, 0) is 18.4 Å². The summed E-state index contributed by atoms with van der Waals surface area (Å²) in [6, 6.07) is 12.3. The quantitative estimate of drug-likeness (QED) is 0.491. The number of benzene rings is 2. The summed E-state index contributed by atoms with van der Waals surface area (Å²) in [5.41, 5.74) is 5.32. The first-order valence-electron chi connectivity index (χ1n) is 10.4. The largest absolute Gasteiger partial charge is 0.485 e. The van der Waals surface area contributed by atoms with Crippen molar-refractivity contribution >= 4 is 23.4 Å². The van der Waals surface area contributed by atoms with Gasteiger partial charge in [-0.05, 0) is 61.1 Å². The van der Waals surface area contributed by atoms with E-state index in [1.54, 1.807) is 0 Å². The van der Waals surface area contributed by atoms with Crippen LogP contribution in [0.1, 0.15) is 47.8 Å². The van der Waals surface area contributed by atoms with E-state index in [0.717, 1.165) is 28.1 Å². The van der Waals surface area contributed by atoms with Crippen LogP contribution in [0.25, 0.3) is 0 Å². The van der Waals surface area contributed by atoms with Crippen LogP contribution in [0.2, 0.25) is 0 Å². The second-order valence-electron chi connectivity index (χ2n) is 8.10. The highest BCUT2D eigenvalue weighted by Crippen LogP contribution is 2.28. The number of aryl methyl sites for hydroxylation is 3. The predicted molar refractivity (Wildman–Crippen MR) is 126 cm³/mol. The molecule has 0 radical (unpaired) electrons. The number of aromatic nitrogens is 3. The maximum atomic E-state index is 12.4. The molecular weight excluding hydrogens is 408 g/mol. The van der Waals surface area contributed by atoms with Crippen molar-refractivity contribution in [1.29, 1.82) is 0 Å². The maximum absolute atomic E-state index is 12.4. The second-order valence-corrected chi connectivity index (χ2v) is 9.04. The van der Waals surface area contributed by atoms with Crippen LogP contribution < -0.4 is 10.1 Å².